The zero-order valence-corrected chi connectivity index (χ0v) is 10.3. The zero-order chi connectivity index (χ0) is 11.7. The van der Waals surface area contributed by atoms with E-state index < -0.39 is 0 Å². The summed E-state index contributed by atoms with van der Waals surface area (Å²) in [6, 6.07) is 0.594. The Balaban J connectivity index is 1.93. The van der Waals surface area contributed by atoms with Crippen LogP contribution in [0.4, 0.5) is 4.79 Å². The second kappa shape index (κ2) is 4.62. The highest BCUT2D eigenvalue weighted by Gasteiger charge is 2.40. The molecule has 1 saturated heterocycles. The fourth-order valence-corrected chi connectivity index (χ4v) is 3.02. The highest BCUT2D eigenvalue weighted by molar-refractivity contribution is 5.74. The topological polar surface area (TPSA) is 58.4 Å². The third-order valence-electron chi connectivity index (χ3n) is 3.85. The summed E-state index contributed by atoms with van der Waals surface area (Å²) >= 11 is 0. The van der Waals surface area contributed by atoms with Gasteiger partial charge in [-0.15, -0.1) is 0 Å². The van der Waals surface area contributed by atoms with Crippen molar-refractivity contribution in [1.29, 1.82) is 0 Å². The number of carbonyl (C=O) groups is 1. The summed E-state index contributed by atoms with van der Waals surface area (Å²) in [7, 11) is 0. The molecule has 1 saturated carbocycles. The van der Waals surface area contributed by atoms with Gasteiger partial charge >= 0.3 is 6.03 Å². The molecule has 0 aromatic carbocycles. The molecule has 3 atom stereocenters. The summed E-state index contributed by atoms with van der Waals surface area (Å²) < 4.78 is 0. The van der Waals surface area contributed by atoms with E-state index in [1.54, 1.807) is 0 Å². The lowest BCUT2D eigenvalue weighted by molar-refractivity contribution is 0.203. The van der Waals surface area contributed by atoms with E-state index in [1.807, 2.05) is 18.7 Å². The Morgan fingerprint density at radius 1 is 1.38 bits per heavy atom. The first-order valence-corrected chi connectivity index (χ1v) is 6.39. The van der Waals surface area contributed by atoms with Crippen LogP contribution in [0.5, 0.6) is 0 Å². The molecule has 2 fully saturated rings. The predicted molar refractivity (Wildman–Crippen MR) is 64.0 cm³/mol. The number of hydrogen-bond donors (Lipinski definition) is 2. The van der Waals surface area contributed by atoms with Crippen LogP contribution in [0.25, 0.3) is 0 Å². The maximum atomic E-state index is 11.9. The molecule has 0 radical (unpaired) electrons. The van der Waals surface area contributed by atoms with Crippen LogP contribution in [0.15, 0.2) is 0 Å². The maximum Gasteiger partial charge on any atom is 0.317 e. The largest absolute Gasteiger partial charge is 0.336 e. The number of carbonyl (C=O) groups excluding carboxylic acids is 1. The van der Waals surface area contributed by atoms with E-state index in [4.69, 9.17) is 5.73 Å². The highest BCUT2D eigenvalue weighted by Crippen LogP contribution is 2.35. The monoisotopic (exact) mass is 225 g/mol. The standard InChI is InChI=1S/C12H23N3O/c1-8(2)14-12(16)15-6-9-4-3-5-11(13)10(9)7-15/h8-11H,3-7,13H2,1-2H3,(H,14,16). The second-order valence-electron chi connectivity index (χ2n) is 5.53. The van der Waals surface area contributed by atoms with Gasteiger partial charge in [0, 0.05) is 25.2 Å². The van der Waals surface area contributed by atoms with Gasteiger partial charge in [-0.05, 0) is 38.5 Å². The molecule has 1 aliphatic carbocycles. The summed E-state index contributed by atoms with van der Waals surface area (Å²) in [5.41, 5.74) is 6.13. The SMILES string of the molecule is CC(C)NC(=O)N1CC2CCCC(N)C2C1. The fourth-order valence-electron chi connectivity index (χ4n) is 3.02. The first-order chi connectivity index (χ1) is 7.58. The number of amides is 2. The van der Waals surface area contributed by atoms with Crippen LogP contribution in [0.3, 0.4) is 0 Å². The smallest absolute Gasteiger partial charge is 0.317 e. The molecule has 2 aliphatic rings. The quantitative estimate of drug-likeness (QED) is 0.703. The molecule has 0 aromatic rings. The van der Waals surface area contributed by atoms with Gasteiger partial charge in [-0.25, -0.2) is 4.79 Å². The van der Waals surface area contributed by atoms with Crippen molar-refractivity contribution in [2.24, 2.45) is 17.6 Å². The number of rotatable bonds is 1. The van der Waals surface area contributed by atoms with Crippen molar-refractivity contribution in [3.63, 3.8) is 0 Å². The summed E-state index contributed by atoms with van der Waals surface area (Å²) in [4.78, 5) is 13.8. The molecule has 16 heavy (non-hydrogen) atoms. The minimum Gasteiger partial charge on any atom is -0.336 e. The minimum absolute atomic E-state index is 0.0802. The van der Waals surface area contributed by atoms with Gasteiger partial charge in [0.2, 0.25) is 0 Å². The van der Waals surface area contributed by atoms with Gasteiger partial charge in [0.15, 0.2) is 0 Å². The van der Waals surface area contributed by atoms with Crippen LogP contribution in [0.1, 0.15) is 33.1 Å². The average Bonchev–Trinajstić information content (AvgIpc) is 2.61. The molecule has 92 valence electrons. The van der Waals surface area contributed by atoms with Crippen LogP contribution in [-0.2, 0) is 0 Å². The Labute approximate surface area is 97.6 Å². The van der Waals surface area contributed by atoms with E-state index >= 15 is 0 Å². The van der Waals surface area contributed by atoms with E-state index in [9.17, 15) is 4.79 Å². The van der Waals surface area contributed by atoms with Crippen molar-refractivity contribution in [3.05, 3.63) is 0 Å². The molecule has 4 heteroatoms. The lowest BCUT2D eigenvalue weighted by atomic mass is 9.78. The van der Waals surface area contributed by atoms with Crippen LogP contribution in [-0.4, -0.2) is 36.1 Å². The molecule has 3 unspecified atom stereocenters. The van der Waals surface area contributed by atoms with E-state index in [2.05, 4.69) is 5.32 Å². The third kappa shape index (κ3) is 2.32. The van der Waals surface area contributed by atoms with E-state index in [0.29, 0.717) is 17.9 Å². The minimum atomic E-state index is 0.0802. The number of nitrogens with two attached hydrogens (primary N) is 1. The Hall–Kier alpha value is -0.770. The first kappa shape index (κ1) is 11.7. The summed E-state index contributed by atoms with van der Waals surface area (Å²) in [5.74, 6) is 1.17. The van der Waals surface area contributed by atoms with E-state index in [-0.39, 0.29) is 12.1 Å². The van der Waals surface area contributed by atoms with Crippen molar-refractivity contribution in [3.8, 4) is 0 Å². The summed E-state index contributed by atoms with van der Waals surface area (Å²) in [6.07, 6.45) is 3.59. The molecular weight excluding hydrogens is 202 g/mol. The number of nitrogens with one attached hydrogen (secondary N) is 1. The van der Waals surface area contributed by atoms with Gasteiger partial charge in [-0.1, -0.05) is 6.42 Å². The highest BCUT2D eigenvalue weighted by atomic mass is 16.2. The number of urea groups is 1. The van der Waals surface area contributed by atoms with Crippen LogP contribution < -0.4 is 11.1 Å². The number of hydrogen-bond acceptors (Lipinski definition) is 2. The third-order valence-corrected chi connectivity index (χ3v) is 3.85. The average molecular weight is 225 g/mol. The van der Waals surface area contributed by atoms with Crippen LogP contribution in [0, 0.1) is 11.8 Å². The van der Waals surface area contributed by atoms with Gasteiger partial charge in [-0.3, -0.25) is 0 Å². The van der Waals surface area contributed by atoms with Gasteiger partial charge in [0.1, 0.15) is 0 Å². The zero-order valence-electron chi connectivity index (χ0n) is 10.3. The molecule has 0 bridgehead atoms. The molecule has 1 aliphatic heterocycles. The fraction of sp³-hybridized carbons (Fsp3) is 0.917. The lowest BCUT2D eigenvalue weighted by Crippen LogP contribution is -2.42. The Bertz CT molecular complexity index is 267. The lowest BCUT2D eigenvalue weighted by Gasteiger charge is -2.29. The summed E-state index contributed by atoms with van der Waals surface area (Å²) in [6.45, 7) is 5.74. The predicted octanol–water partition coefficient (Wildman–Crippen LogP) is 1.16. The summed E-state index contributed by atoms with van der Waals surface area (Å²) in [5, 5.41) is 2.96. The molecule has 3 N–H and O–H groups in total. The van der Waals surface area contributed by atoms with Crippen molar-refractivity contribution < 1.29 is 4.79 Å². The van der Waals surface area contributed by atoms with Crippen LogP contribution in [0.2, 0.25) is 0 Å². The van der Waals surface area contributed by atoms with E-state index in [0.717, 1.165) is 19.5 Å². The molecule has 4 nitrogen and oxygen atoms in total. The van der Waals surface area contributed by atoms with Gasteiger partial charge < -0.3 is 16.0 Å². The van der Waals surface area contributed by atoms with Gasteiger partial charge in [0.05, 0.1) is 0 Å². The molecule has 1 heterocycles. The van der Waals surface area contributed by atoms with Gasteiger partial charge in [-0.2, -0.15) is 0 Å². The van der Waals surface area contributed by atoms with Crippen LogP contribution >= 0.6 is 0 Å². The molecule has 0 aromatic heterocycles. The molecule has 2 amide bonds. The Morgan fingerprint density at radius 3 is 2.75 bits per heavy atom. The Morgan fingerprint density at radius 2 is 2.12 bits per heavy atom. The number of fused-ring (bicyclic) bond motifs is 1. The molecule has 0 spiro atoms. The van der Waals surface area contributed by atoms with E-state index in [1.165, 1.54) is 12.8 Å². The second-order valence-corrected chi connectivity index (χ2v) is 5.53. The maximum absolute atomic E-state index is 11.9. The van der Waals surface area contributed by atoms with Crippen molar-refractivity contribution in [2.45, 2.75) is 45.2 Å². The number of likely N-dealkylation sites (tertiary alicyclic amines) is 1. The van der Waals surface area contributed by atoms with Crippen molar-refractivity contribution in [1.82, 2.24) is 10.2 Å². The molecular formula is C12H23N3O. The van der Waals surface area contributed by atoms with Crippen molar-refractivity contribution in [2.75, 3.05) is 13.1 Å². The van der Waals surface area contributed by atoms with Crippen molar-refractivity contribution >= 4 is 6.03 Å². The molecule has 2 rings (SSSR count). The first-order valence-electron chi connectivity index (χ1n) is 6.39. The normalized spacial score (nSPS) is 34.0. The number of nitrogens with zero attached hydrogens (tertiary/aromatic N) is 1. The Kier molecular flexibility index (Phi) is 3.38. The van der Waals surface area contributed by atoms with Gasteiger partial charge in [0.25, 0.3) is 0 Å².